The van der Waals surface area contributed by atoms with Gasteiger partial charge in [-0.15, -0.1) is 0 Å². The Hall–Kier alpha value is -2.67. The molecule has 7 nitrogen and oxygen atoms in total. The van der Waals surface area contributed by atoms with Gasteiger partial charge in [-0.3, -0.25) is 4.98 Å². The molecular weight excluding hydrogens is 346 g/mol. The number of carbonyl (C=O) groups is 2. The van der Waals surface area contributed by atoms with E-state index in [1.807, 2.05) is 6.07 Å². The number of imide groups is 1. The first-order valence-corrected chi connectivity index (χ1v) is 8.77. The average molecular weight is 373 g/mol. The van der Waals surface area contributed by atoms with Crippen LogP contribution in [0, 0.1) is 0 Å². The molecule has 0 fully saturated rings. The summed E-state index contributed by atoms with van der Waals surface area (Å²) in [6, 6.07) is 6.54. The monoisotopic (exact) mass is 373 g/mol. The predicted molar refractivity (Wildman–Crippen MR) is 105 cm³/mol. The minimum absolute atomic E-state index is 0.356. The van der Waals surface area contributed by atoms with E-state index in [1.54, 1.807) is 72.1 Å². The number of nitrogens with two attached hydrogens (primary N) is 1. The van der Waals surface area contributed by atoms with E-state index in [9.17, 15) is 9.59 Å². The minimum atomic E-state index is -0.969. The summed E-state index contributed by atoms with van der Waals surface area (Å²) in [5.41, 5.74) is 4.51. The van der Waals surface area contributed by atoms with Gasteiger partial charge in [0.1, 0.15) is 11.2 Å². The van der Waals surface area contributed by atoms with Crippen LogP contribution in [0.4, 0.5) is 15.3 Å². The van der Waals surface area contributed by atoms with E-state index in [4.69, 9.17) is 15.2 Å². The number of benzene rings is 1. The maximum Gasteiger partial charge on any atom is 0.424 e. The molecule has 0 aliphatic carbocycles. The maximum atomic E-state index is 13.0. The summed E-state index contributed by atoms with van der Waals surface area (Å²) in [7, 11) is 0. The Morgan fingerprint density at radius 1 is 1.07 bits per heavy atom. The normalized spacial score (nSPS) is 13.1. The zero-order chi connectivity index (χ0) is 20.4. The fourth-order valence-electron chi connectivity index (χ4n) is 2.24. The van der Waals surface area contributed by atoms with Crippen molar-refractivity contribution in [1.82, 2.24) is 4.98 Å². The number of rotatable bonds is 3. The SMILES string of the molecule is CC(N)C(C)(C)OC(=O)N(C(=O)OC(C)(C)C)c1cccc2cnccc12. The molecule has 7 heteroatoms. The molecule has 1 atom stereocenters. The van der Waals surface area contributed by atoms with Gasteiger partial charge >= 0.3 is 12.2 Å². The lowest BCUT2D eigenvalue weighted by molar-refractivity contribution is 0.0234. The summed E-state index contributed by atoms with van der Waals surface area (Å²) in [4.78, 5) is 30.8. The summed E-state index contributed by atoms with van der Waals surface area (Å²) < 4.78 is 11.0. The Morgan fingerprint density at radius 3 is 2.30 bits per heavy atom. The third-order valence-electron chi connectivity index (χ3n) is 4.10. The van der Waals surface area contributed by atoms with Crippen LogP contribution in [0.15, 0.2) is 36.7 Å². The number of amides is 2. The topological polar surface area (TPSA) is 94.8 Å². The van der Waals surface area contributed by atoms with Crippen molar-refractivity contribution in [2.45, 2.75) is 58.8 Å². The summed E-state index contributed by atoms with van der Waals surface area (Å²) in [5, 5.41) is 1.46. The van der Waals surface area contributed by atoms with Crippen molar-refractivity contribution in [1.29, 1.82) is 0 Å². The summed E-state index contributed by atoms with van der Waals surface area (Å²) in [6.45, 7) is 10.3. The van der Waals surface area contributed by atoms with Crippen LogP contribution in [0.2, 0.25) is 0 Å². The predicted octanol–water partition coefficient (Wildman–Crippen LogP) is 4.24. The van der Waals surface area contributed by atoms with Gasteiger partial charge in [-0.2, -0.15) is 4.90 Å². The van der Waals surface area contributed by atoms with E-state index in [-0.39, 0.29) is 0 Å². The van der Waals surface area contributed by atoms with Crippen LogP contribution in [-0.2, 0) is 9.47 Å². The standard InChI is InChI=1S/C20H27N3O4/c1-13(21)20(5,6)27-18(25)23(17(24)26-19(2,3)4)16-9-7-8-14-12-22-11-10-15(14)16/h7-13H,21H2,1-6H3. The Labute approximate surface area is 159 Å². The average Bonchev–Trinajstić information content (AvgIpc) is 2.53. The third kappa shape index (κ3) is 4.95. The molecule has 0 aliphatic rings. The Balaban J connectivity index is 2.53. The number of hydrogen-bond donors (Lipinski definition) is 1. The third-order valence-corrected chi connectivity index (χ3v) is 4.10. The second kappa shape index (κ2) is 7.52. The van der Waals surface area contributed by atoms with Crippen molar-refractivity contribution in [2.24, 2.45) is 5.73 Å². The van der Waals surface area contributed by atoms with Gasteiger partial charge in [0.15, 0.2) is 0 Å². The second-order valence-corrected chi connectivity index (χ2v) is 7.95. The molecule has 1 aromatic carbocycles. The molecule has 1 unspecified atom stereocenters. The highest BCUT2D eigenvalue weighted by atomic mass is 16.6. The van der Waals surface area contributed by atoms with Crippen molar-refractivity contribution < 1.29 is 19.1 Å². The van der Waals surface area contributed by atoms with E-state index in [0.29, 0.717) is 11.1 Å². The van der Waals surface area contributed by atoms with Crippen LogP contribution in [0.3, 0.4) is 0 Å². The first kappa shape index (κ1) is 20.6. The molecule has 146 valence electrons. The molecule has 0 radical (unpaired) electrons. The molecule has 0 bridgehead atoms. The van der Waals surface area contributed by atoms with Crippen LogP contribution in [-0.4, -0.2) is 34.4 Å². The van der Waals surface area contributed by atoms with Gasteiger partial charge in [-0.25, -0.2) is 9.59 Å². The van der Waals surface area contributed by atoms with E-state index < -0.39 is 29.4 Å². The van der Waals surface area contributed by atoms with E-state index in [1.165, 1.54) is 0 Å². The summed E-state index contributed by atoms with van der Waals surface area (Å²) in [6.07, 6.45) is 1.58. The minimum Gasteiger partial charge on any atom is -0.443 e. The van der Waals surface area contributed by atoms with Crippen molar-refractivity contribution in [3.8, 4) is 0 Å². The first-order chi connectivity index (χ1) is 12.4. The zero-order valence-electron chi connectivity index (χ0n) is 16.6. The molecule has 2 aromatic rings. The molecule has 0 saturated carbocycles. The molecule has 2 rings (SSSR count). The number of carbonyl (C=O) groups excluding carboxylic acids is 2. The van der Waals surface area contributed by atoms with Gasteiger partial charge < -0.3 is 15.2 Å². The molecule has 27 heavy (non-hydrogen) atoms. The van der Waals surface area contributed by atoms with Gasteiger partial charge in [0, 0.05) is 29.2 Å². The zero-order valence-corrected chi connectivity index (χ0v) is 16.6. The first-order valence-electron chi connectivity index (χ1n) is 8.77. The number of anilines is 1. The Morgan fingerprint density at radius 2 is 1.70 bits per heavy atom. The van der Waals surface area contributed by atoms with Crippen molar-refractivity contribution >= 4 is 28.6 Å². The van der Waals surface area contributed by atoms with Gasteiger partial charge in [0.25, 0.3) is 0 Å². The number of fused-ring (bicyclic) bond motifs is 1. The molecule has 1 heterocycles. The lowest BCUT2D eigenvalue weighted by Crippen LogP contribution is -2.49. The Bertz CT molecular complexity index is 835. The number of nitrogens with zero attached hydrogens (tertiary/aromatic N) is 2. The van der Waals surface area contributed by atoms with E-state index >= 15 is 0 Å². The molecule has 0 saturated heterocycles. The highest BCUT2D eigenvalue weighted by molar-refractivity contribution is 6.14. The molecule has 0 spiro atoms. The van der Waals surface area contributed by atoms with Crippen LogP contribution in [0.1, 0.15) is 41.5 Å². The molecular formula is C20H27N3O4. The van der Waals surface area contributed by atoms with Gasteiger partial charge in [-0.1, -0.05) is 12.1 Å². The van der Waals surface area contributed by atoms with E-state index in [2.05, 4.69) is 4.98 Å². The fraction of sp³-hybridized carbons (Fsp3) is 0.450. The van der Waals surface area contributed by atoms with Crippen molar-refractivity contribution in [3.05, 3.63) is 36.7 Å². The van der Waals surface area contributed by atoms with E-state index in [0.717, 1.165) is 10.3 Å². The number of ether oxygens (including phenoxy) is 2. The number of aromatic nitrogens is 1. The fourth-order valence-corrected chi connectivity index (χ4v) is 2.24. The van der Waals surface area contributed by atoms with Gasteiger partial charge in [-0.05, 0) is 53.7 Å². The maximum absolute atomic E-state index is 13.0. The van der Waals surface area contributed by atoms with Crippen LogP contribution < -0.4 is 10.6 Å². The lowest BCUT2D eigenvalue weighted by Gasteiger charge is -2.32. The second-order valence-electron chi connectivity index (χ2n) is 7.95. The van der Waals surface area contributed by atoms with Gasteiger partial charge in [0.05, 0.1) is 5.69 Å². The van der Waals surface area contributed by atoms with Crippen LogP contribution in [0.5, 0.6) is 0 Å². The summed E-state index contributed by atoms with van der Waals surface area (Å²) in [5.74, 6) is 0. The molecule has 1 aromatic heterocycles. The number of hydrogen-bond acceptors (Lipinski definition) is 6. The lowest BCUT2D eigenvalue weighted by atomic mass is 10.0. The van der Waals surface area contributed by atoms with Crippen LogP contribution in [0.25, 0.3) is 10.8 Å². The van der Waals surface area contributed by atoms with Crippen LogP contribution >= 0.6 is 0 Å². The largest absolute Gasteiger partial charge is 0.443 e. The highest BCUT2D eigenvalue weighted by Crippen LogP contribution is 2.29. The molecule has 2 amide bonds. The molecule has 2 N–H and O–H groups in total. The molecule has 0 aliphatic heterocycles. The number of pyridine rings is 1. The summed E-state index contributed by atoms with van der Waals surface area (Å²) >= 11 is 0. The highest BCUT2D eigenvalue weighted by Gasteiger charge is 2.36. The van der Waals surface area contributed by atoms with Gasteiger partial charge in [0.2, 0.25) is 0 Å². The van der Waals surface area contributed by atoms with Crippen molar-refractivity contribution in [2.75, 3.05) is 4.90 Å². The van der Waals surface area contributed by atoms with Crippen molar-refractivity contribution in [3.63, 3.8) is 0 Å². The smallest absolute Gasteiger partial charge is 0.424 e. The quantitative estimate of drug-likeness (QED) is 0.865. The Kier molecular flexibility index (Phi) is 5.75.